The number of piperidine rings is 1. The van der Waals surface area contributed by atoms with Gasteiger partial charge in [-0.1, -0.05) is 42.5 Å². The third kappa shape index (κ3) is 4.75. The molecule has 0 aliphatic carbocycles. The Balaban J connectivity index is 1.35. The molecule has 0 saturated carbocycles. The van der Waals surface area contributed by atoms with Gasteiger partial charge in [-0.3, -0.25) is 0 Å². The van der Waals surface area contributed by atoms with Gasteiger partial charge < -0.3 is 19.4 Å². The number of hydrogen-bond donors (Lipinski definition) is 1. The molecule has 1 fully saturated rings. The number of hydrogen-bond acceptors (Lipinski definition) is 5. The predicted molar refractivity (Wildman–Crippen MR) is 119 cm³/mol. The van der Waals surface area contributed by atoms with E-state index in [-0.39, 0.29) is 6.09 Å². The summed E-state index contributed by atoms with van der Waals surface area (Å²) in [4.78, 5) is 18.6. The van der Waals surface area contributed by atoms with Gasteiger partial charge >= 0.3 is 6.09 Å². The van der Waals surface area contributed by atoms with Crippen LogP contribution in [0.15, 0.2) is 53.1 Å². The minimum absolute atomic E-state index is 0.350. The monoisotopic (exact) mass is 407 g/mol. The fraction of sp³-hybridized carbons (Fsp3) is 0.417. The number of benzene rings is 2. The first-order chi connectivity index (χ1) is 14.4. The third-order valence-corrected chi connectivity index (χ3v) is 5.37. The van der Waals surface area contributed by atoms with Gasteiger partial charge in [0.25, 0.3) is 6.01 Å². The molecule has 30 heavy (non-hydrogen) atoms. The number of amides is 1. The summed E-state index contributed by atoms with van der Waals surface area (Å²) in [7, 11) is 0. The minimum atomic E-state index is -0.472. The number of fused-ring (bicyclic) bond motifs is 1. The summed E-state index contributed by atoms with van der Waals surface area (Å²) < 4.78 is 11.4. The van der Waals surface area contributed by atoms with E-state index in [4.69, 9.17) is 9.15 Å². The standard InChI is InChI=1S/C24H29N3O3/c1-24(2,3)30-23(28)26-15-17-11-13-27(14-12-17)22-25-16-21(29-22)20-10-6-8-18-7-4-5-9-19(18)20/h4-10,16-17H,11-15H2,1-3H3,(H,26,28). The van der Waals surface area contributed by atoms with Crippen LogP contribution in [0.25, 0.3) is 22.1 Å². The normalized spacial score (nSPS) is 15.4. The first kappa shape index (κ1) is 20.3. The molecule has 3 aromatic rings. The van der Waals surface area contributed by atoms with Crippen molar-refractivity contribution in [3.8, 4) is 11.3 Å². The van der Waals surface area contributed by atoms with Crippen LogP contribution in [-0.2, 0) is 4.74 Å². The Labute approximate surface area is 177 Å². The average molecular weight is 408 g/mol. The number of anilines is 1. The van der Waals surface area contributed by atoms with E-state index in [1.807, 2.05) is 45.2 Å². The van der Waals surface area contributed by atoms with Gasteiger partial charge in [-0.05, 0) is 50.3 Å². The highest BCUT2D eigenvalue weighted by atomic mass is 16.6. The molecule has 1 aromatic heterocycles. The number of nitrogens with one attached hydrogen (secondary N) is 1. The van der Waals surface area contributed by atoms with Crippen molar-refractivity contribution in [3.05, 3.63) is 48.7 Å². The SMILES string of the molecule is CC(C)(C)OC(=O)NCC1CCN(c2ncc(-c3cccc4ccccc34)o2)CC1. The number of carbonyl (C=O) groups is 1. The molecule has 4 rings (SSSR count). The van der Waals surface area contributed by atoms with Crippen LogP contribution in [0.5, 0.6) is 0 Å². The van der Waals surface area contributed by atoms with Crippen LogP contribution in [0.4, 0.5) is 10.8 Å². The summed E-state index contributed by atoms with van der Waals surface area (Å²) in [6, 6.07) is 15.2. The average Bonchev–Trinajstić information content (AvgIpc) is 3.21. The second-order valence-corrected chi connectivity index (χ2v) is 8.85. The van der Waals surface area contributed by atoms with Crippen LogP contribution in [0.1, 0.15) is 33.6 Å². The zero-order chi connectivity index (χ0) is 21.1. The van der Waals surface area contributed by atoms with Gasteiger partial charge in [-0.2, -0.15) is 0 Å². The zero-order valence-corrected chi connectivity index (χ0v) is 17.9. The molecule has 2 aromatic carbocycles. The van der Waals surface area contributed by atoms with Crippen molar-refractivity contribution in [2.45, 2.75) is 39.2 Å². The number of rotatable bonds is 4. The highest BCUT2D eigenvalue weighted by Gasteiger charge is 2.24. The Morgan fingerprint density at radius 3 is 2.67 bits per heavy atom. The lowest BCUT2D eigenvalue weighted by molar-refractivity contribution is 0.0516. The van der Waals surface area contributed by atoms with E-state index >= 15 is 0 Å². The van der Waals surface area contributed by atoms with Crippen molar-refractivity contribution in [3.63, 3.8) is 0 Å². The van der Waals surface area contributed by atoms with Crippen molar-refractivity contribution < 1.29 is 13.9 Å². The Morgan fingerprint density at radius 2 is 1.90 bits per heavy atom. The number of carbonyl (C=O) groups excluding carboxylic acids is 1. The van der Waals surface area contributed by atoms with Crippen LogP contribution >= 0.6 is 0 Å². The second-order valence-electron chi connectivity index (χ2n) is 8.85. The first-order valence-electron chi connectivity index (χ1n) is 10.5. The Bertz CT molecular complexity index is 1010. The Morgan fingerprint density at radius 1 is 1.17 bits per heavy atom. The second kappa shape index (κ2) is 8.38. The van der Waals surface area contributed by atoms with Crippen LogP contribution in [0.2, 0.25) is 0 Å². The topological polar surface area (TPSA) is 67.6 Å². The molecule has 0 atom stereocenters. The van der Waals surface area contributed by atoms with Gasteiger partial charge in [0.05, 0.1) is 6.20 Å². The van der Waals surface area contributed by atoms with Crippen LogP contribution < -0.4 is 10.2 Å². The quantitative estimate of drug-likeness (QED) is 0.641. The van der Waals surface area contributed by atoms with E-state index in [0.29, 0.717) is 18.5 Å². The third-order valence-electron chi connectivity index (χ3n) is 5.37. The molecule has 6 heteroatoms. The zero-order valence-electron chi connectivity index (χ0n) is 17.9. The van der Waals surface area contributed by atoms with Crippen LogP contribution in [0.3, 0.4) is 0 Å². The lowest BCUT2D eigenvalue weighted by Gasteiger charge is -2.31. The molecule has 0 spiro atoms. The number of aromatic nitrogens is 1. The fourth-order valence-corrected chi connectivity index (χ4v) is 3.85. The maximum atomic E-state index is 11.8. The van der Waals surface area contributed by atoms with Crippen molar-refractivity contribution in [2.24, 2.45) is 5.92 Å². The summed E-state index contributed by atoms with van der Waals surface area (Å²) in [5, 5.41) is 5.24. The molecule has 2 heterocycles. The van der Waals surface area contributed by atoms with E-state index in [2.05, 4.69) is 39.5 Å². The molecule has 1 amide bonds. The smallest absolute Gasteiger partial charge is 0.407 e. The maximum absolute atomic E-state index is 11.8. The van der Waals surface area contributed by atoms with E-state index < -0.39 is 5.60 Å². The molecule has 1 saturated heterocycles. The van der Waals surface area contributed by atoms with Gasteiger partial charge in [-0.15, -0.1) is 0 Å². The summed E-state index contributed by atoms with van der Waals surface area (Å²) in [5.74, 6) is 1.22. The van der Waals surface area contributed by atoms with Gasteiger partial charge in [0.1, 0.15) is 5.60 Å². The van der Waals surface area contributed by atoms with Crippen molar-refractivity contribution in [1.82, 2.24) is 10.3 Å². The predicted octanol–water partition coefficient (Wildman–Crippen LogP) is 5.24. The molecule has 0 radical (unpaired) electrons. The van der Waals surface area contributed by atoms with Gasteiger partial charge in [0, 0.05) is 25.2 Å². The highest BCUT2D eigenvalue weighted by molar-refractivity contribution is 5.95. The largest absolute Gasteiger partial charge is 0.444 e. The Hall–Kier alpha value is -3.02. The lowest BCUT2D eigenvalue weighted by Crippen LogP contribution is -2.40. The van der Waals surface area contributed by atoms with Gasteiger partial charge in [0.15, 0.2) is 5.76 Å². The highest BCUT2D eigenvalue weighted by Crippen LogP contribution is 2.32. The summed E-state index contributed by atoms with van der Waals surface area (Å²) in [6.45, 7) is 7.96. The van der Waals surface area contributed by atoms with E-state index in [1.165, 1.54) is 5.39 Å². The maximum Gasteiger partial charge on any atom is 0.407 e. The molecule has 158 valence electrons. The molecule has 1 aliphatic heterocycles. The van der Waals surface area contributed by atoms with Crippen molar-refractivity contribution >= 4 is 22.9 Å². The number of alkyl carbamates (subject to hydrolysis) is 1. The summed E-state index contributed by atoms with van der Waals surface area (Å²) in [5.41, 5.74) is 0.587. The van der Waals surface area contributed by atoms with E-state index in [0.717, 1.165) is 42.6 Å². The van der Waals surface area contributed by atoms with E-state index in [1.54, 1.807) is 0 Å². The molecular formula is C24H29N3O3. The van der Waals surface area contributed by atoms with Crippen LogP contribution in [0, 0.1) is 5.92 Å². The van der Waals surface area contributed by atoms with Gasteiger partial charge in [-0.25, -0.2) is 9.78 Å². The fourth-order valence-electron chi connectivity index (χ4n) is 3.85. The molecule has 0 unspecified atom stereocenters. The van der Waals surface area contributed by atoms with E-state index in [9.17, 15) is 4.79 Å². The molecule has 6 nitrogen and oxygen atoms in total. The number of oxazole rings is 1. The minimum Gasteiger partial charge on any atom is -0.444 e. The summed E-state index contributed by atoms with van der Waals surface area (Å²) in [6.07, 6.45) is 3.41. The Kier molecular flexibility index (Phi) is 5.66. The molecule has 1 N–H and O–H groups in total. The molecule has 1 aliphatic rings. The number of ether oxygens (including phenoxy) is 1. The molecule has 0 bridgehead atoms. The van der Waals surface area contributed by atoms with Crippen molar-refractivity contribution in [1.29, 1.82) is 0 Å². The van der Waals surface area contributed by atoms with Gasteiger partial charge in [0.2, 0.25) is 0 Å². The van der Waals surface area contributed by atoms with Crippen LogP contribution in [-0.4, -0.2) is 36.3 Å². The van der Waals surface area contributed by atoms with Crippen molar-refractivity contribution in [2.75, 3.05) is 24.5 Å². The summed E-state index contributed by atoms with van der Waals surface area (Å²) >= 11 is 0. The number of nitrogens with zero attached hydrogens (tertiary/aromatic N) is 2. The lowest BCUT2D eigenvalue weighted by atomic mass is 9.97. The molecular weight excluding hydrogens is 378 g/mol. The first-order valence-corrected chi connectivity index (χ1v) is 10.5.